The van der Waals surface area contributed by atoms with Crippen LogP contribution in [0.3, 0.4) is 0 Å². The first kappa shape index (κ1) is 17.9. The van der Waals surface area contributed by atoms with Crippen molar-refractivity contribution in [1.29, 1.82) is 0 Å². The Bertz CT molecular complexity index is 415. The second-order valence-electron chi connectivity index (χ2n) is 3.90. The highest BCUT2D eigenvalue weighted by Gasteiger charge is 2.08. The minimum absolute atomic E-state index is 0. The zero-order chi connectivity index (χ0) is 13.0. The highest BCUT2D eigenvalue weighted by Crippen LogP contribution is 2.25. The van der Waals surface area contributed by atoms with Gasteiger partial charge in [0.2, 0.25) is 0 Å². The normalized spacial score (nSPS) is 11.1. The van der Waals surface area contributed by atoms with E-state index < -0.39 is 0 Å². The van der Waals surface area contributed by atoms with Crippen LogP contribution in [0.15, 0.2) is 11.1 Å². The van der Waals surface area contributed by atoms with Gasteiger partial charge in [0.15, 0.2) is 5.96 Å². The molecule has 1 aromatic rings. The van der Waals surface area contributed by atoms with E-state index in [-0.39, 0.29) is 24.0 Å². The van der Waals surface area contributed by atoms with Gasteiger partial charge >= 0.3 is 0 Å². The van der Waals surface area contributed by atoms with E-state index in [1.807, 2.05) is 43.6 Å². The molecule has 7 heteroatoms. The van der Waals surface area contributed by atoms with Crippen LogP contribution in [-0.4, -0.2) is 36.1 Å². The molecule has 1 rings (SSSR count). The maximum atomic E-state index is 5.99. The summed E-state index contributed by atoms with van der Waals surface area (Å²) in [5, 5.41) is 4.31. The fourth-order valence-corrected chi connectivity index (χ4v) is 1.83. The second-order valence-corrected chi connectivity index (χ2v) is 4.66. The molecule has 0 fully saturated rings. The van der Waals surface area contributed by atoms with Gasteiger partial charge in [-0.05, 0) is 13.0 Å². The highest BCUT2D eigenvalue weighted by atomic mass is 127. The molecule has 0 saturated heterocycles. The van der Waals surface area contributed by atoms with Crippen molar-refractivity contribution in [3.63, 3.8) is 0 Å². The lowest BCUT2D eigenvalue weighted by Gasteiger charge is -2.16. The van der Waals surface area contributed by atoms with Crippen molar-refractivity contribution < 1.29 is 0 Å². The summed E-state index contributed by atoms with van der Waals surface area (Å²) < 4.78 is 1.84. The Balaban J connectivity index is 0.00000289. The Labute approximate surface area is 135 Å². The third-order valence-electron chi connectivity index (χ3n) is 2.37. The fourth-order valence-electron chi connectivity index (χ4n) is 1.41. The van der Waals surface area contributed by atoms with E-state index in [0.29, 0.717) is 16.7 Å². The topological polar surface area (TPSA) is 32.6 Å². The number of hydrogen-bond acceptors (Lipinski definition) is 1. The minimum atomic E-state index is 0. The first-order valence-corrected chi connectivity index (χ1v) is 6.18. The van der Waals surface area contributed by atoms with Crippen LogP contribution < -0.4 is 5.32 Å². The summed E-state index contributed by atoms with van der Waals surface area (Å²) in [7, 11) is 5.78. The van der Waals surface area contributed by atoms with E-state index in [9.17, 15) is 0 Å². The third-order valence-corrected chi connectivity index (χ3v) is 3.21. The van der Waals surface area contributed by atoms with Crippen LogP contribution in [0.2, 0.25) is 10.2 Å². The van der Waals surface area contributed by atoms with Gasteiger partial charge in [-0.3, -0.25) is 0 Å². The first-order valence-electron chi connectivity index (χ1n) is 5.42. The lowest BCUT2D eigenvalue weighted by molar-refractivity contribution is 0.582. The number of nitrogens with zero attached hydrogens (tertiary/aromatic N) is 3. The largest absolute Gasteiger partial charge is 0.357 e. The Morgan fingerprint density at radius 3 is 2.44 bits per heavy atom. The number of guanidine groups is 1. The zero-order valence-electron chi connectivity index (χ0n) is 11.0. The monoisotopic (exact) mass is 404 g/mol. The molecule has 0 aromatic carbocycles. The Hall–Kier alpha value is -0.140. The highest BCUT2D eigenvalue weighted by molar-refractivity contribution is 14.0. The third kappa shape index (κ3) is 4.51. The average Bonchev–Trinajstić information content (AvgIpc) is 2.52. The molecule has 1 heterocycles. The number of hydrogen-bond donors (Lipinski definition) is 1. The molecule has 0 bridgehead atoms. The Morgan fingerprint density at radius 1 is 1.44 bits per heavy atom. The summed E-state index contributed by atoms with van der Waals surface area (Å²) in [4.78, 5) is 6.43. The van der Waals surface area contributed by atoms with Gasteiger partial charge in [0.1, 0.15) is 5.15 Å². The molecule has 18 heavy (non-hydrogen) atoms. The molecule has 4 nitrogen and oxygen atoms in total. The second kappa shape index (κ2) is 8.12. The molecule has 0 unspecified atom stereocenters. The molecule has 0 saturated carbocycles. The predicted molar refractivity (Wildman–Crippen MR) is 89.4 cm³/mol. The Kier molecular flexibility index (Phi) is 8.05. The van der Waals surface area contributed by atoms with E-state index in [2.05, 4.69) is 10.3 Å². The van der Waals surface area contributed by atoms with Gasteiger partial charge in [0.25, 0.3) is 0 Å². The van der Waals surface area contributed by atoms with Gasteiger partial charge in [-0.1, -0.05) is 23.2 Å². The van der Waals surface area contributed by atoms with Crippen molar-refractivity contribution in [2.75, 3.05) is 20.6 Å². The van der Waals surface area contributed by atoms with E-state index in [1.54, 1.807) is 0 Å². The summed E-state index contributed by atoms with van der Waals surface area (Å²) in [5.41, 5.74) is 0.984. The number of rotatable bonds is 3. The first-order chi connectivity index (χ1) is 7.97. The Morgan fingerprint density at radius 2 is 2.06 bits per heavy atom. The number of aromatic nitrogens is 1. The van der Waals surface area contributed by atoms with Gasteiger partial charge in [0, 0.05) is 33.4 Å². The van der Waals surface area contributed by atoms with Crippen LogP contribution in [0, 0.1) is 0 Å². The van der Waals surface area contributed by atoms with Crippen LogP contribution in [0.4, 0.5) is 0 Å². The van der Waals surface area contributed by atoms with Crippen LogP contribution in [0.25, 0.3) is 0 Å². The van der Waals surface area contributed by atoms with Crippen LogP contribution in [-0.2, 0) is 13.6 Å². The van der Waals surface area contributed by atoms with Crippen molar-refractivity contribution in [1.82, 2.24) is 14.8 Å². The standard InChI is InChI=1S/C11H18Cl2N4.HI/c1-5-14-11(16(2)3)15-7-8-6-9(12)10(13)17(8)4;/h6H,5,7H2,1-4H3,(H,14,15);1H. The molecule has 0 aliphatic carbocycles. The van der Waals surface area contributed by atoms with Crippen molar-refractivity contribution in [2.45, 2.75) is 13.5 Å². The van der Waals surface area contributed by atoms with Gasteiger partial charge < -0.3 is 14.8 Å². The van der Waals surface area contributed by atoms with E-state index >= 15 is 0 Å². The molecular weight excluding hydrogens is 386 g/mol. The lowest BCUT2D eigenvalue weighted by atomic mass is 10.4. The number of halogens is 3. The molecular formula is C11H19Cl2IN4. The predicted octanol–water partition coefficient (Wildman–Crippen LogP) is 2.98. The molecule has 0 spiro atoms. The SMILES string of the molecule is CCNC(=NCc1cc(Cl)c(Cl)n1C)N(C)C.I. The summed E-state index contributed by atoms with van der Waals surface area (Å²) in [6, 6.07) is 1.84. The maximum absolute atomic E-state index is 5.99. The fraction of sp³-hybridized carbons (Fsp3) is 0.545. The lowest BCUT2D eigenvalue weighted by Crippen LogP contribution is -2.36. The van der Waals surface area contributed by atoms with Crippen LogP contribution >= 0.6 is 47.2 Å². The molecule has 0 aliphatic rings. The van der Waals surface area contributed by atoms with Crippen molar-refractivity contribution in [2.24, 2.45) is 12.0 Å². The van der Waals surface area contributed by atoms with E-state index in [4.69, 9.17) is 23.2 Å². The molecule has 0 radical (unpaired) electrons. The van der Waals surface area contributed by atoms with Crippen molar-refractivity contribution in [3.8, 4) is 0 Å². The van der Waals surface area contributed by atoms with Crippen molar-refractivity contribution >= 4 is 53.1 Å². The quantitative estimate of drug-likeness (QED) is 0.477. The summed E-state index contributed by atoms with van der Waals surface area (Å²) in [6.07, 6.45) is 0. The van der Waals surface area contributed by atoms with Gasteiger partial charge in [0.05, 0.1) is 11.6 Å². The van der Waals surface area contributed by atoms with Crippen LogP contribution in [0.5, 0.6) is 0 Å². The summed E-state index contributed by atoms with van der Waals surface area (Å²) in [6.45, 7) is 3.42. The minimum Gasteiger partial charge on any atom is -0.357 e. The molecule has 1 N–H and O–H groups in total. The number of nitrogens with one attached hydrogen (secondary N) is 1. The van der Waals surface area contributed by atoms with E-state index in [1.165, 1.54) is 0 Å². The van der Waals surface area contributed by atoms with E-state index in [0.717, 1.165) is 18.2 Å². The van der Waals surface area contributed by atoms with Gasteiger partial charge in [-0.25, -0.2) is 4.99 Å². The molecule has 0 aliphatic heterocycles. The van der Waals surface area contributed by atoms with Gasteiger partial charge in [-0.2, -0.15) is 0 Å². The number of aliphatic imine (C=N–C) groups is 1. The molecule has 104 valence electrons. The molecule has 1 aromatic heterocycles. The van der Waals surface area contributed by atoms with Crippen molar-refractivity contribution in [3.05, 3.63) is 21.9 Å². The zero-order valence-corrected chi connectivity index (χ0v) is 14.8. The summed E-state index contributed by atoms with van der Waals surface area (Å²) >= 11 is 11.9. The molecule has 0 amide bonds. The summed E-state index contributed by atoms with van der Waals surface area (Å²) in [5.74, 6) is 0.848. The van der Waals surface area contributed by atoms with Gasteiger partial charge in [-0.15, -0.1) is 24.0 Å². The maximum Gasteiger partial charge on any atom is 0.193 e. The molecule has 0 atom stereocenters. The van der Waals surface area contributed by atoms with Crippen LogP contribution in [0.1, 0.15) is 12.6 Å². The average molecular weight is 405 g/mol. The smallest absolute Gasteiger partial charge is 0.193 e.